The smallest absolute Gasteiger partial charge is 0.131 e. The number of nitrogens with zero attached hydrogens (tertiary/aromatic N) is 1. The van der Waals surface area contributed by atoms with E-state index in [0.29, 0.717) is 0 Å². The summed E-state index contributed by atoms with van der Waals surface area (Å²) in [7, 11) is 0. The molecule has 0 saturated heterocycles. The molecule has 0 amide bonds. The lowest BCUT2D eigenvalue weighted by Crippen LogP contribution is -1.61. The van der Waals surface area contributed by atoms with E-state index in [-0.39, 0.29) is 0 Å². The quantitative estimate of drug-likeness (QED) is 0.482. The van der Waals surface area contributed by atoms with E-state index >= 15 is 0 Å². The van der Waals surface area contributed by atoms with Crippen LogP contribution in [0.5, 0.6) is 0 Å². The molecule has 0 aliphatic rings. The van der Waals surface area contributed by atoms with Gasteiger partial charge in [-0.3, -0.25) is 0 Å². The summed E-state index contributed by atoms with van der Waals surface area (Å²) in [6.07, 6.45) is 0. The lowest BCUT2D eigenvalue weighted by atomic mass is 11.0. The first kappa shape index (κ1) is 6.55. The molecule has 0 N–H and O–H groups in total. The molecule has 0 aliphatic heterocycles. The molecule has 0 bridgehead atoms. The molecule has 1 aromatic rings. The Morgan fingerprint density at radius 1 is 1.89 bits per heavy atom. The van der Waals surface area contributed by atoms with Gasteiger partial charge in [0.1, 0.15) is 11.0 Å². The van der Waals surface area contributed by atoms with Crippen LogP contribution in [-0.2, 0) is 4.79 Å². The molecule has 46 valence electrons. The van der Waals surface area contributed by atoms with E-state index in [1.165, 1.54) is 28.5 Å². The van der Waals surface area contributed by atoms with Gasteiger partial charge in [-0.2, -0.15) is 0 Å². The van der Waals surface area contributed by atoms with Gasteiger partial charge in [-0.25, -0.2) is 9.78 Å². The number of thiazole rings is 1. The van der Waals surface area contributed by atoms with Gasteiger partial charge in [0, 0.05) is 5.38 Å². The monoisotopic (exact) mass is 157 g/mol. The third-order valence-corrected chi connectivity index (χ3v) is 2.05. The average molecular weight is 157 g/mol. The van der Waals surface area contributed by atoms with Crippen LogP contribution in [0.1, 0.15) is 0 Å². The van der Waals surface area contributed by atoms with E-state index in [0.717, 1.165) is 5.03 Å². The zero-order valence-corrected chi connectivity index (χ0v) is 6.04. The van der Waals surface area contributed by atoms with Gasteiger partial charge in [-0.05, 0) is 0 Å². The fraction of sp³-hybridized carbons (Fsp3) is 0. The van der Waals surface area contributed by atoms with Gasteiger partial charge in [-0.1, -0.05) is 11.8 Å². The largest absolute Gasteiger partial charge is 0.238 e. The maximum atomic E-state index is 9.67. The Morgan fingerprint density at radius 2 is 2.78 bits per heavy atom. The maximum absolute atomic E-state index is 9.67. The standard InChI is InChI=1S/C5H3NOS2/c7-1-2-9-5-3-8-4-6-5/h2-4H. The Morgan fingerprint density at radius 3 is 3.33 bits per heavy atom. The highest BCUT2D eigenvalue weighted by molar-refractivity contribution is 8.02. The van der Waals surface area contributed by atoms with Gasteiger partial charge >= 0.3 is 0 Å². The minimum Gasteiger partial charge on any atom is -0.238 e. The van der Waals surface area contributed by atoms with Crippen molar-refractivity contribution in [2.75, 3.05) is 0 Å². The molecule has 0 aliphatic carbocycles. The molecule has 0 fully saturated rings. The fourth-order valence-electron chi connectivity index (χ4n) is 0.344. The maximum Gasteiger partial charge on any atom is 0.131 e. The minimum absolute atomic E-state index is 0.850. The van der Waals surface area contributed by atoms with Gasteiger partial charge in [0.2, 0.25) is 0 Å². The van der Waals surface area contributed by atoms with Crippen LogP contribution in [0.3, 0.4) is 0 Å². The normalized spacial score (nSPS) is 8.44. The summed E-state index contributed by atoms with van der Waals surface area (Å²) < 4.78 is 0. The Bertz CT molecular complexity index is 213. The molecule has 0 saturated carbocycles. The number of hydrogen-bond donors (Lipinski definition) is 0. The number of thioether (sulfide) groups is 1. The molecule has 2 nitrogen and oxygen atoms in total. The van der Waals surface area contributed by atoms with Crippen LogP contribution < -0.4 is 0 Å². The Labute approximate surface area is 60.6 Å². The van der Waals surface area contributed by atoms with Crippen molar-refractivity contribution in [3.63, 3.8) is 0 Å². The van der Waals surface area contributed by atoms with Crippen LogP contribution in [-0.4, -0.2) is 10.9 Å². The summed E-state index contributed by atoms with van der Waals surface area (Å²) in [6.45, 7) is 0. The van der Waals surface area contributed by atoms with Crippen molar-refractivity contribution in [2.45, 2.75) is 5.03 Å². The summed E-state index contributed by atoms with van der Waals surface area (Å²) >= 11 is 2.79. The van der Waals surface area contributed by atoms with E-state index in [4.69, 9.17) is 0 Å². The molecule has 1 rings (SSSR count). The van der Waals surface area contributed by atoms with Crippen LogP contribution in [0.25, 0.3) is 0 Å². The predicted molar refractivity (Wildman–Crippen MR) is 38.2 cm³/mol. The highest BCUT2D eigenvalue weighted by Gasteiger charge is 1.88. The highest BCUT2D eigenvalue weighted by Crippen LogP contribution is 2.16. The molecule has 1 aromatic heterocycles. The third-order valence-electron chi connectivity index (χ3n) is 0.637. The Kier molecular flexibility index (Phi) is 2.51. The third kappa shape index (κ3) is 2.01. The minimum atomic E-state index is 0.850. The first-order chi connectivity index (χ1) is 4.43. The fourth-order valence-corrected chi connectivity index (χ4v) is 1.49. The van der Waals surface area contributed by atoms with Gasteiger partial charge in [0.15, 0.2) is 0 Å². The highest BCUT2D eigenvalue weighted by atomic mass is 32.2. The van der Waals surface area contributed by atoms with Crippen molar-refractivity contribution in [1.29, 1.82) is 0 Å². The molecule has 1 heterocycles. The van der Waals surface area contributed by atoms with Gasteiger partial charge in [0.05, 0.1) is 10.9 Å². The summed E-state index contributed by atoms with van der Waals surface area (Å²) in [4.78, 5) is 13.6. The van der Waals surface area contributed by atoms with E-state index in [2.05, 4.69) is 4.98 Å². The second-order valence-corrected chi connectivity index (χ2v) is 2.79. The van der Waals surface area contributed by atoms with Gasteiger partial charge in [-0.15, -0.1) is 11.3 Å². The van der Waals surface area contributed by atoms with Crippen molar-refractivity contribution < 1.29 is 4.79 Å². The van der Waals surface area contributed by atoms with E-state index in [1.54, 1.807) is 11.5 Å². The van der Waals surface area contributed by atoms with Crippen molar-refractivity contribution in [1.82, 2.24) is 4.98 Å². The van der Waals surface area contributed by atoms with Crippen molar-refractivity contribution in [3.8, 4) is 0 Å². The van der Waals surface area contributed by atoms with Crippen molar-refractivity contribution >= 4 is 29.0 Å². The summed E-state index contributed by atoms with van der Waals surface area (Å²) in [5.74, 6) is 1.66. The van der Waals surface area contributed by atoms with E-state index in [1.807, 2.05) is 5.38 Å². The number of carbonyl (C=O) groups excluding carboxylic acids is 1. The number of rotatable bonds is 2. The summed E-state index contributed by atoms with van der Waals surface area (Å²) in [5.41, 5.74) is 1.72. The second-order valence-electron chi connectivity index (χ2n) is 1.18. The molecule has 0 aromatic carbocycles. The first-order valence-corrected chi connectivity index (χ1v) is 4.00. The molecule has 0 unspecified atom stereocenters. The van der Waals surface area contributed by atoms with Crippen LogP contribution in [0, 0.1) is 0 Å². The van der Waals surface area contributed by atoms with Crippen LogP contribution in [0.4, 0.5) is 0 Å². The number of aromatic nitrogens is 1. The molecule has 0 atom stereocenters. The lowest BCUT2D eigenvalue weighted by molar-refractivity contribution is 0.569. The Hall–Kier alpha value is -0.570. The van der Waals surface area contributed by atoms with Crippen molar-refractivity contribution in [2.24, 2.45) is 0 Å². The van der Waals surface area contributed by atoms with Gasteiger partial charge < -0.3 is 0 Å². The van der Waals surface area contributed by atoms with E-state index < -0.39 is 0 Å². The number of hydrogen-bond acceptors (Lipinski definition) is 4. The SMILES string of the molecule is O=C=CSc1cscn1. The second kappa shape index (κ2) is 3.45. The first-order valence-electron chi connectivity index (χ1n) is 2.17. The summed E-state index contributed by atoms with van der Waals surface area (Å²) in [5, 5.41) is 4.07. The predicted octanol–water partition coefficient (Wildman–Crippen LogP) is 1.58. The molecule has 0 radical (unpaired) electrons. The average Bonchev–Trinajstić information content (AvgIpc) is 2.34. The van der Waals surface area contributed by atoms with Crippen LogP contribution >= 0.6 is 23.1 Å². The zero-order chi connectivity index (χ0) is 6.53. The van der Waals surface area contributed by atoms with Crippen molar-refractivity contribution in [3.05, 3.63) is 16.3 Å². The topological polar surface area (TPSA) is 30.0 Å². The molecule has 9 heavy (non-hydrogen) atoms. The molecule has 0 spiro atoms. The molecular weight excluding hydrogens is 154 g/mol. The molecule has 4 heteroatoms. The van der Waals surface area contributed by atoms with Crippen LogP contribution in [0.15, 0.2) is 21.3 Å². The summed E-state index contributed by atoms with van der Waals surface area (Å²) in [6, 6.07) is 0. The van der Waals surface area contributed by atoms with Gasteiger partial charge in [0.25, 0.3) is 0 Å². The Balaban J connectivity index is 2.57. The zero-order valence-electron chi connectivity index (χ0n) is 4.40. The van der Waals surface area contributed by atoms with Crippen LogP contribution in [0.2, 0.25) is 0 Å². The van der Waals surface area contributed by atoms with E-state index in [9.17, 15) is 4.79 Å². The lowest BCUT2D eigenvalue weighted by Gasteiger charge is -1.78. The molecular formula is C5H3NOS2.